The van der Waals surface area contributed by atoms with Crippen LogP contribution < -0.4 is 11.1 Å². The molecule has 0 radical (unpaired) electrons. The van der Waals surface area contributed by atoms with Gasteiger partial charge in [0, 0.05) is 16.9 Å². The van der Waals surface area contributed by atoms with Crippen LogP contribution in [0.4, 0.5) is 24.5 Å². The SMILES string of the molecule is Nc1cc(F)cc(NC(=O)Cc2c(F)cccc2F)c1. The first-order valence-electron chi connectivity index (χ1n) is 5.74. The second-order valence-corrected chi connectivity index (χ2v) is 4.20. The van der Waals surface area contributed by atoms with E-state index >= 15 is 0 Å². The zero-order valence-electron chi connectivity index (χ0n) is 10.3. The topological polar surface area (TPSA) is 55.1 Å². The molecule has 0 heterocycles. The van der Waals surface area contributed by atoms with Crippen molar-refractivity contribution in [2.45, 2.75) is 6.42 Å². The normalized spacial score (nSPS) is 10.3. The van der Waals surface area contributed by atoms with Crippen molar-refractivity contribution < 1.29 is 18.0 Å². The third-order valence-corrected chi connectivity index (χ3v) is 2.60. The Morgan fingerprint density at radius 3 is 2.35 bits per heavy atom. The van der Waals surface area contributed by atoms with Gasteiger partial charge >= 0.3 is 0 Å². The Bertz CT molecular complexity index is 618. The lowest BCUT2D eigenvalue weighted by molar-refractivity contribution is -0.115. The molecule has 0 saturated carbocycles. The van der Waals surface area contributed by atoms with E-state index in [2.05, 4.69) is 5.32 Å². The second-order valence-electron chi connectivity index (χ2n) is 4.20. The highest BCUT2D eigenvalue weighted by molar-refractivity contribution is 5.92. The van der Waals surface area contributed by atoms with Crippen LogP contribution in [0.25, 0.3) is 0 Å². The molecule has 2 aromatic carbocycles. The molecular weight excluding hydrogens is 269 g/mol. The van der Waals surface area contributed by atoms with Gasteiger partial charge in [-0.1, -0.05) is 6.07 Å². The molecular formula is C14H11F3N2O. The lowest BCUT2D eigenvalue weighted by Gasteiger charge is -2.08. The Balaban J connectivity index is 2.13. The molecule has 0 spiro atoms. The molecule has 2 aromatic rings. The van der Waals surface area contributed by atoms with E-state index in [1.54, 1.807) is 0 Å². The molecule has 3 N–H and O–H groups in total. The van der Waals surface area contributed by atoms with Crippen molar-refractivity contribution >= 4 is 17.3 Å². The van der Waals surface area contributed by atoms with E-state index in [1.165, 1.54) is 12.1 Å². The number of carbonyl (C=O) groups excluding carboxylic acids is 1. The number of halogens is 3. The molecule has 1 amide bonds. The summed E-state index contributed by atoms with van der Waals surface area (Å²) in [6.45, 7) is 0. The Labute approximate surface area is 113 Å². The van der Waals surface area contributed by atoms with E-state index in [1.807, 2.05) is 0 Å². The maximum absolute atomic E-state index is 13.4. The summed E-state index contributed by atoms with van der Waals surface area (Å²) in [5.74, 6) is -2.89. The molecule has 0 aliphatic carbocycles. The summed E-state index contributed by atoms with van der Waals surface area (Å²) in [5, 5.41) is 2.33. The van der Waals surface area contributed by atoms with Crippen LogP contribution >= 0.6 is 0 Å². The van der Waals surface area contributed by atoms with Crippen LogP contribution in [0.15, 0.2) is 36.4 Å². The summed E-state index contributed by atoms with van der Waals surface area (Å²) in [5.41, 5.74) is 5.35. The number of anilines is 2. The van der Waals surface area contributed by atoms with Gasteiger partial charge in [0.25, 0.3) is 0 Å². The molecule has 6 heteroatoms. The summed E-state index contributed by atoms with van der Waals surface area (Å²) in [4.78, 5) is 11.7. The van der Waals surface area contributed by atoms with Crippen molar-refractivity contribution in [1.29, 1.82) is 0 Å². The largest absolute Gasteiger partial charge is 0.399 e. The van der Waals surface area contributed by atoms with Gasteiger partial charge in [0.05, 0.1) is 6.42 Å². The van der Waals surface area contributed by atoms with Crippen LogP contribution in [0.1, 0.15) is 5.56 Å². The zero-order chi connectivity index (χ0) is 14.7. The van der Waals surface area contributed by atoms with Gasteiger partial charge in [-0.3, -0.25) is 4.79 Å². The average molecular weight is 280 g/mol. The first-order chi connectivity index (χ1) is 9.45. The van der Waals surface area contributed by atoms with Gasteiger partial charge in [0.1, 0.15) is 17.5 Å². The minimum absolute atomic E-state index is 0.129. The molecule has 104 valence electrons. The minimum Gasteiger partial charge on any atom is -0.399 e. The van der Waals surface area contributed by atoms with Gasteiger partial charge < -0.3 is 11.1 Å². The van der Waals surface area contributed by atoms with Crippen LogP contribution in [0.3, 0.4) is 0 Å². The van der Waals surface area contributed by atoms with E-state index in [4.69, 9.17) is 5.73 Å². The van der Waals surface area contributed by atoms with Gasteiger partial charge in [0.2, 0.25) is 5.91 Å². The summed E-state index contributed by atoms with van der Waals surface area (Å²) in [7, 11) is 0. The maximum atomic E-state index is 13.4. The third kappa shape index (κ3) is 3.28. The fourth-order valence-electron chi connectivity index (χ4n) is 1.75. The van der Waals surface area contributed by atoms with Crippen LogP contribution in [0, 0.1) is 17.5 Å². The van der Waals surface area contributed by atoms with Gasteiger partial charge in [0.15, 0.2) is 0 Å². The third-order valence-electron chi connectivity index (χ3n) is 2.60. The van der Waals surface area contributed by atoms with Crippen LogP contribution in [0.2, 0.25) is 0 Å². The van der Waals surface area contributed by atoms with Crippen molar-refractivity contribution in [1.82, 2.24) is 0 Å². The molecule has 2 rings (SSSR count). The Kier molecular flexibility index (Phi) is 3.93. The summed E-state index contributed by atoms with van der Waals surface area (Å²) in [6.07, 6.45) is -0.491. The number of nitrogens with two attached hydrogens (primary N) is 1. The maximum Gasteiger partial charge on any atom is 0.229 e. The van der Waals surface area contributed by atoms with Crippen LogP contribution in [-0.2, 0) is 11.2 Å². The predicted molar refractivity (Wildman–Crippen MR) is 69.5 cm³/mol. The van der Waals surface area contributed by atoms with Gasteiger partial charge in [-0.15, -0.1) is 0 Å². The number of nitrogen functional groups attached to an aromatic ring is 1. The molecule has 20 heavy (non-hydrogen) atoms. The van der Waals surface area contributed by atoms with E-state index in [0.717, 1.165) is 24.3 Å². The fraction of sp³-hybridized carbons (Fsp3) is 0.0714. The van der Waals surface area contributed by atoms with Crippen LogP contribution in [0.5, 0.6) is 0 Å². The van der Waals surface area contributed by atoms with Crippen molar-refractivity contribution in [3.63, 3.8) is 0 Å². The average Bonchev–Trinajstić information content (AvgIpc) is 2.32. The number of amides is 1. The summed E-state index contributed by atoms with van der Waals surface area (Å²) in [6, 6.07) is 6.83. The smallest absolute Gasteiger partial charge is 0.229 e. The van der Waals surface area contributed by atoms with Crippen molar-refractivity contribution in [2.24, 2.45) is 0 Å². The first kappa shape index (κ1) is 13.9. The van der Waals surface area contributed by atoms with E-state index in [9.17, 15) is 18.0 Å². The lowest BCUT2D eigenvalue weighted by Crippen LogP contribution is -2.16. The number of benzene rings is 2. The zero-order valence-corrected chi connectivity index (χ0v) is 10.3. The van der Waals surface area contributed by atoms with Crippen molar-refractivity contribution in [2.75, 3.05) is 11.1 Å². The summed E-state index contributed by atoms with van der Waals surface area (Å²) >= 11 is 0. The summed E-state index contributed by atoms with van der Waals surface area (Å²) < 4.78 is 39.8. The van der Waals surface area contributed by atoms with Crippen LogP contribution in [-0.4, -0.2) is 5.91 Å². The van der Waals surface area contributed by atoms with Gasteiger partial charge in [-0.2, -0.15) is 0 Å². The first-order valence-corrected chi connectivity index (χ1v) is 5.74. The highest BCUT2D eigenvalue weighted by Gasteiger charge is 2.13. The van der Waals surface area contributed by atoms with Gasteiger partial charge in [-0.25, -0.2) is 13.2 Å². The Morgan fingerprint density at radius 2 is 1.75 bits per heavy atom. The van der Waals surface area contributed by atoms with Crippen molar-refractivity contribution in [3.8, 4) is 0 Å². The molecule has 0 bridgehead atoms. The predicted octanol–water partition coefficient (Wildman–Crippen LogP) is 2.87. The molecule has 0 atom stereocenters. The van der Waals surface area contributed by atoms with Gasteiger partial charge in [-0.05, 0) is 30.3 Å². The molecule has 0 aliphatic heterocycles. The Morgan fingerprint density at radius 1 is 1.10 bits per heavy atom. The lowest BCUT2D eigenvalue weighted by atomic mass is 10.1. The second kappa shape index (κ2) is 5.64. The molecule has 0 saturated heterocycles. The standard InChI is InChI=1S/C14H11F3N2O/c15-8-4-9(18)6-10(5-8)19-14(20)7-11-12(16)2-1-3-13(11)17/h1-6H,7,18H2,(H,19,20). The fourth-order valence-corrected chi connectivity index (χ4v) is 1.75. The van der Waals surface area contributed by atoms with E-state index in [-0.39, 0.29) is 16.9 Å². The quantitative estimate of drug-likeness (QED) is 0.849. The number of rotatable bonds is 3. The van der Waals surface area contributed by atoms with E-state index in [0.29, 0.717) is 0 Å². The molecule has 3 nitrogen and oxygen atoms in total. The highest BCUT2D eigenvalue weighted by atomic mass is 19.1. The van der Waals surface area contributed by atoms with Crippen molar-refractivity contribution in [3.05, 3.63) is 59.4 Å². The number of hydrogen-bond donors (Lipinski definition) is 2. The monoisotopic (exact) mass is 280 g/mol. The number of nitrogens with one attached hydrogen (secondary N) is 1. The molecule has 0 aromatic heterocycles. The molecule has 0 aliphatic rings. The molecule has 0 fully saturated rings. The molecule has 0 unspecified atom stereocenters. The minimum atomic E-state index is -0.807. The number of carbonyl (C=O) groups is 1. The highest BCUT2D eigenvalue weighted by Crippen LogP contribution is 2.17. The Hall–Kier alpha value is -2.50. The number of hydrogen-bond acceptors (Lipinski definition) is 2. The van der Waals surface area contributed by atoms with E-state index < -0.39 is 29.8 Å².